The first-order valence-electron chi connectivity index (χ1n) is 7.28. The number of rotatable bonds is 4. The Kier molecular flexibility index (Phi) is 4.17. The van der Waals surface area contributed by atoms with Crippen molar-refractivity contribution in [3.8, 4) is 0 Å². The van der Waals surface area contributed by atoms with Crippen molar-refractivity contribution in [3.05, 3.63) is 30.0 Å². The molecule has 6 nitrogen and oxygen atoms in total. The van der Waals surface area contributed by atoms with Crippen molar-refractivity contribution >= 4 is 16.8 Å². The van der Waals surface area contributed by atoms with E-state index in [1.165, 1.54) is 0 Å². The standard InChI is InChI=1S/C15H20N4O2/c1-11(10-19-6-8-21-9-7-19)16-15(20)14-12-4-2-3-5-13(12)17-18-14/h2-5,11H,6-10H2,1H3,(H,16,20)(H,17,18)/t11-/m1/s1. The summed E-state index contributed by atoms with van der Waals surface area (Å²) in [5.74, 6) is -0.131. The highest BCUT2D eigenvalue weighted by atomic mass is 16.5. The van der Waals surface area contributed by atoms with Crippen LogP contribution in [0.2, 0.25) is 0 Å². The molecule has 1 aromatic carbocycles. The number of nitrogens with one attached hydrogen (secondary N) is 2. The molecule has 1 amide bonds. The Morgan fingerprint density at radius 3 is 3.00 bits per heavy atom. The molecular weight excluding hydrogens is 268 g/mol. The second kappa shape index (κ2) is 6.24. The van der Waals surface area contributed by atoms with Gasteiger partial charge in [0, 0.05) is 31.1 Å². The van der Waals surface area contributed by atoms with Gasteiger partial charge in [0.15, 0.2) is 5.69 Å². The van der Waals surface area contributed by atoms with Crippen molar-refractivity contribution in [3.63, 3.8) is 0 Å². The molecule has 6 heteroatoms. The molecule has 3 rings (SSSR count). The van der Waals surface area contributed by atoms with Crippen LogP contribution in [0, 0.1) is 0 Å². The number of carbonyl (C=O) groups is 1. The van der Waals surface area contributed by atoms with Crippen LogP contribution >= 0.6 is 0 Å². The number of benzene rings is 1. The van der Waals surface area contributed by atoms with Crippen molar-refractivity contribution in [1.29, 1.82) is 0 Å². The molecule has 0 radical (unpaired) electrons. The van der Waals surface area contributed by atoms with E-state index in [2.05, 4.69) is 20.4 Å². The molecule has 0 aliphatic carbocycles. The van der Waals surface area contributed by atoms with Crippen molar-refractivity contribution < 1.29 is 9.53 Å². The molecule has 0 spiro atoms. The maximum absolute atomic E-state index is 12.3. The maximum Gasteiger partial charge on any atom is 0.272 e. The van der Waals surface area contributed by atoms with Crippen LogP contribution in [0.25, 0.3) is 10.9 Å². The van der Waals surface area contributed by atoms with Gasteiger partial charge in [-0.3, -0.25) is 14.8 Å². The Labute approximate surface area is 123 Å². The van der Waals surface area contributed by atoms with E-state index >= 15 is 0 Å². The lowest BCUT2D eigenvalue weighted by Gasteiger charge is -2.29. The van der Waals surface area contributed by atoms with Gasteiger partial charge >= 0.3 is 0 Å². The molecule has 1 atom stereocenters. The van der Waals surface area contributed by atoms with E-state index in [1.54, 1.807) is 0 Å². The summed E-state index contributed by atoms with van der Waals surface area (Å²) >= 11 is 0. The average Bonchev–Trinajstić information content (AvgIpc) is 2.92. The van der Waals surface area contributed by atoms with Gasteiger partial charge in [0.25, 0.3) is 5.91 Å². The van der Waals surface area contributed by atoms with E-state index in [0.29, 0.717) is 5.69 Å². The smallest absolute Gasteiger partial charge is 0.272 e. The minimum atomic E-state index is -0.131. The third kappa shape index (κ3) is 3.22. The lowest BCUT2D eigenvalue weighted by Crippen LogP contribution is -2.46. The number of nitrogens with zero attached hydrogens (tertiary/aromatic N) is 2. The summed E-state index contributed by atoms with van der Waals surface area (Å²) < 4.78 is 5.33. The number of para-hydroxylation sites is 1. The molecular formula is C15H20N4O2. The predicted molar refractivity (Wildman–Crippen MR) is 80.3 cm³/mol. The van der Waals surface area contributed by atoms with Gasteiger partial charge in [-0.15, -0.1) is 0 Å². The molecule has 1 saturated heterocycles. The van der Waals surface area contributed by atoms with E-state index in [4.69, 9.17) is 4.74 Å². The van der Waals surface area contributed by atoms with Crippen molar-refractivity contribution in [2.75, 3.05) is 32.8 Å². The second-order valence-electron chi connectivity index (χ2n) is 5.41. The Morgan fingerprint density at radius 1 is 1.43 bits per heavy atom. The fourth-order valence-electron chi connectivity index (χ4n) is 2.65. The van der Waals surface area contributed by atoms with E-state index in [-0.39, 0.29) is 11.9 Å². The minimum Gasteiger partial charge on any atom is -0.379 e. The van der Waals surface area contributed by atoms with Crippen LogP contribution in [0.1, 0.15) is 17.4 Å². The molecule has 0 bridgehead atoms. The fourth-order valence-corrected chi connectivity index (χ4v) is 2.65. The number of amides is 1. The zero-order valence-electron chi connectivity index (χ0n) is 12.1. The molecule has 0 unspecified atom stereocenters. The summed E-state index contributed by atoms with van der Waals surface area (Å²) in [5.41, 5.74) is 1.34. The molecule has 1 aliphatic rings. The van der Waals surface area contributed by atoms with Crippen LogP contribution in [0.5, 0.6) is 0 Å². The number of H-pyrrole nitrogens is 1. The van der Waals surface area contributed by atoms with E-state index < -0.39 is 0 Å². The molecule has 21 heavy (non-hydrogen) atoms. The monoisotopic (exact) mass is 288 g/mol. The first-order chi connectivity index (χ1) is 10.2. The molecule has 1 aromatic heterocycles. The van der Waals surface area contributed by atoms with Crippen LogP contribution in [0.4, 0.5) is 0 Å². The van der Waals surface area contributed by atoms with Gasteiger partial charge in [0.2, 0.25) is 0 Å². The Bertz CT molecular complexity index is 619. The van der Waals surface area contributed by atoms with Gasteiger partial charge in [-0.25, -0.2) is 0 Å². The third-order valence-corrected chi connectivity index (χ3v) is 3.70. The van der Waals surface area contributed by atoms with Crippen LogP contribution < -0.4 is 5.32 Å². The topological polar surface area (TPSA) is 70.2 Å². The summed E-state index contributed by atoms with van der Waals surface area (Å²) in [6.45, 7) is 6.23. The predicted octanol–water partition coefficient (Wildman–Crippen LogP) is 1.01. The van der Waals surface area contributed by atoms with Crippen molar-refractivity contribution in [1.82, 2.24) is 20.4 Å². The Hall–Kier alpha value is -1.92. The van der Waals surface area contributed by atoms with Gasteiger partial charge in [-0.1, -0.05) is 18.2 Å². The number of hydrogen-bond acceptors (Lipinski definition) is 4. The van der Waals surface area contributed by atoms with Gasteiger partial charge < -0.3 is 10.1 Å². The number of carbonyl (C=O) groups excluding carboxylic acids is 1. The largest absolute Gasteiger partial charge is 0.379 e. The fraction of sp³-hybridized carbons (Fsp3) is 0.467. The molecule has 2 aromatic rings. The summed E-state index contributed by atoms with van der Waals surface area (Å²) in [4.78, 5) is 14.6. The van der Waals surface area contributed by atoms with Crippen molar-refractivity contribution in [2.24, 2.45) is 0 Å². The first kappa shape index (κ1) is 14.0. The highest BCUT2D eigenvalue weighted by Crippen LogP contribution is 2.14. The quantitative estimate of drug-likeness (QED) is 0.881. The highest BCUT2D eigenvalue weighted by Gasteiger charge is 2.18. The van der Waals surface area contributed by atoms with Gasteiger partial charge in [0.1, 0.15) is 0 Å². The number of ether oxygens (including phenoxy) is 1. The molecule has 1 fully saturated rings. The second-order valence-corrected chi connectivity index (χ2v) is 5.41. The van der Waals surface area contributed by atoms with E-state index in [9.17, 15) is 4.79 Å². The zero-order valence-corrected chi connectivity index (χ0v) is 12.1. The zero-order chi connectivity index (χ0) is 14.7. The maximum atomic E-state index is 12.3. The lowest BCUT2D eigenvalue weighted by atomic mass is 10.2. The Balaban J connectivity index is 1.62. The molecule has 2 N–H and O–H groups in total. The third-order valence-electron chi connectivity index (χ3n) is 3.70. The molecule has 0 saturated carbocycles. The number of hydrogen-bond donors (Lipinski definition) is 2. The first-order valence-corrected chi connectivity index (χ1v) is 7.28. The summed E-state index contributed by atoms with van der Waals surface area (Å²) in [7, 11) is 0. The van der Waals surface area contributed by atoms with Gasteiger partial charge in [0.05, 0.1) is 18.7 Å². The average molecular weight is 288 g/mol. The Morgan fingerprint density at radius 2 is 2.19 bits per heavy atom. The SMILES string of the molecule is C[C@H](CN1CCOCC1)NC(=O)c1n[nH]c2ccccc12. The van der Waals surface area contributed by atoms with Crippen LogP contribution in [0.3, 0.4) is 0 Å². The van der Waals surface area contributed by atoms with E-state index in [1.807, 2.05) is 31.2 Å². The van der Waals surface area contributed by atoms with Gasteiger partial charge in [-0.05, 0) is 13.0 Å². The number of fused-ring (bicyclic) bond motifs is 1. The van der Waals surface area contributed by atoms with Crippen molar-refractivity contribution in [2.45, 2.75) is 13.0 Å². The number of aromatic amines is 1. The highest BCUT2D eigenvalue weighted by molar-refractivity contribution is 6.04. The molecule has 2 heterocycles. The van der Waals surface area contributed by atoms with Gasteiger partial charge in [-0.2, -0.15) is 5.10 Å². The summed E-state index contributed by atoms with van der Waals surface area (Å²) in [6.07, 6.45) is 0. The molecule has 112 valence electrons. The van der Waals surface area contributed by atoms with Crippen LogP contribution in [-0.4, -0.2) is 59.9 Å². The minimum absolute atomic E-state index is 0.0751. The summed E-state index contributed by atoms with van der Waals surface area (Å²) in [6, 6.07) is 7.72. The lowest BCUT2D eigenvalue weighted by molar-refractivity contribution is 0.0342. The van der Waals surface area contributed by atoms with Crippen LogP contribution in [0.15, 0.2) is 24.3 Å². The number of aromatic nitrogens is 2. The molecule has 1 aliphatic heterocycles. The normalized spacial score (nSPS) is 17.8. The van der Waals surface area contributed by atoms with E-state index in [0.717, 1.165) is 43.8 Å². The van der Waals surface area contributed by atoms with Crippen LogP contribution in [-0.2, 0) is 4.74 Å². The summed E-state index contributed by atoms with van der Waals surface area (Å²) in [5, 5.41) is 10.9. The number of morpholine rings is 1.